The highest BCUT2D eigenvalue weighted by molar-refractivity contribution is 6.08. The van der Waals surface area contributed by atoms with Crippen molar-refractivity contribution >= 4 is 29.4 Å². The van der Waals surface area contributed by atoms with Crippen LogP contribution in [0.15, 0.2) is 66.9 Å². The number of hydrogen-bond donors (Lipinski definition) is 3. The lowest BCUT2D eigenvalue weighted by molar-refractivity contribution is -0.384. The molecule has 0 spiro atoms. The summed E-state index contributed by atoms with van der Waals surface area (Å²) in [5, 5.41) is 25.5. The molecule has 3 N–H and O–H groups in total. The van der Waals surface area contributed by atoms with Gasteiger partial charge in [-0.25, -0.2) is 4.98 Å². The van der Waals surface area contributed by atoms with Gasteiger partial charge < -0.3 is 10.5 Å². The summed E-state index contributed by atoms with van der Waals surface area (Å²) in [5.74, 6) is -1.07. The van der Waals surface area contributed by atoms with E-state index in [2.05, 4.69) is 15.7 Å². The van der Waals surface area contributed by atoms with Gasteiger partial charge in [0.05, 0.1) is 23.0 Å². The maximum Gasteiger partial charge on any atom is 0.269 e. The first-order valence-corrected chi connectivity index (χ1v) is 9.54. The third kappa shape index (κ3) is 4.20. The van der Waals surface area contributed by atoms with Gasteiger partial charge in [0.15, 0.2) is 0 Å². The van der Waals surface area contributed by atoms with Gasteiger partial charge in [-0.3, -0.25) is 25.0 Å². The topological polar surface area (TPSA) is 138 Å². The number of pyridine rings is 1. The van der Waals surface area contributed by atoms with E-state index in [1.807, 2.05) is 0 Å². The van der Waals surface area contributed by atoms with Gasteiger partial charge in [0.1, 0.15) is 11.9 Å². The van der Waals surface area contributed by atoms with E-state index in [0.717, 1.165) is 0 Å². The SMILES string of the molecule is O=C1NC(=O)C2C1C=CC(C(O)C=Cc1ccc([N+](=O)[O-])cc1)N2Nc1ccccn1. The molecule has 31 heavy (non-hydrogen) atoms. The Kier molecular flexibility index (Phi) is 5.56. The number of carbonyl (C=O) groups excluding carboxylic acids is 2. The summed E-state index contributed by atoms with van der Waals surface area (Å²) < 4.78 is 0. The van der Waals surface area contributed by atoms with Crippen LogP contribution in [-0.4, -0.2) is 50.0 Å². The van der Waals surface area contributed by atoms with Gasteiger partial charge in [0.2, 0.25) is 11.8 Å². The molecule has 4 unspecified atom stereocenters. The van der Waals surface area contributed by atoms with Crippen molar-refractivity contribution in [3.05, 3.63) is 82.6 Å². The van der Waals surface area contributed by atoms with Gasteiger partial charge >= 0.3 is 0 Å². The quantitative estimate of drug-likeness (QED) is 0.274. The fourth-order valence-corrected chi connectivity index (χ4v) is 3.60. The van der Waals surface area contributed by atoms with Gasteiger partial charge in [-0.2, -0.15) is 5.01 Å². The average Bonchev–Trinajstić information content (AvgIpc) is 3.07. The lowest BCUT2D eigenvalue weighted by atomic mass is 9.92. The van der Waals surface area contributed by atoms with Crippen molar-refractivity contribution in [2.45, 2.75) is 18.2 Å². The summed E-state index contributed by atoms with van der Waals surface area (Å²) in [4.78, 5) is 39.0. The van der Waals surface area contributed by atoms with E-state index in [4.69, 9.17) is 0 Å². The van der Waals surface area contributed by atoms with Crippen LogP contribution >= 0.6 is 0 Å². The molecule has 2 aliphatic heterocycles. The minimum absolute atomic E-state index is 0.0263. The highest BCUT2D eigenvalue weighted by Gasteiger charge is 2.49. The second-order valence-corrected chi connectivity index (χ2v) is 7.13. The molecule has 4 atom stereocenters. The molecule has 10 heteroatoms. The Morgan fingerprint density at radius 1 is 1.16 bits per heavy atom. The monoisotopic (exact) mass is 421 g/mol. The standard InChI is InChI=1S/C21H19N5O5/c27-17(11-6-13-4-7-14(8-5-13)26(30)31)16-10-9-15-19(21(29)23-20(15)28)25(16)24-18-3-1-2-12-22-18/h1-12,15-17,19,27H,(H,22,24)(H,23,28,29). The highest BCUT2D eigenvalue weighted by atomic mass is 16.6. The molecule has 0 bridgehead atoms. The molecule has 1 fully saturated rings. The molecule has 2 aliphatic rings. The van der Waals surface area contributed by atoms with E-state index in [0.29, 0.717) is 11.4 Å². The number of aliphatic hydroxyl groups excluding tert-OH is 1. The number of nitro groups is 1. The second kappa shape index (κ2) is 8.46. The molecule has 4 rings (SSSR count). The Morgan fingerprint density at radius 3 is 2.61 bits per heavy atom. The molecule has 0 aliphatic carbocycles. The summed E-state index contributed by atoms with van der Waals surface area (Å²) >= 11 is 0. The molecule has 10 nitrogen and oxygen atoms in total. The number of benzene rings is 1. The molecule has 2 aromatic rings. The van der Waals surface area contributed by atoms with E-state index in [1.165, 1.54) is 23.2 Å². The number of non-ortho nitro benzene ring substituents is 1. The number of hydrazine groups is 1. The van der Waals surface area contributed by atoms with Crippen LogP contribution in [0.3, 0.4) is 0 Å². The van der Waals surface area contributed by atoms with Crippen molar-refractivity contribution in [2.24, 2.45) is 5.92 Å². The van der Waals surface area contributed by atoms with Crippen LogP contribution in [0, 0.1) is 16.0 Å². The normalized spacial score (nSPS) is 24.1. The first-order chi connectivity index (χ1) is 14.9. The predicted octanol–water partition coefficient (Wildman–Crippen LogP) is 1.27. The smallest absolute Gasteiger partial charge is 0.269 e. The number of aromatic nitrogens is 1. The summed E-state index contributed by atoms with van der Waals surface area (Å²) in [5.41, 5.74) is 3.68. The van der Waals surface area contributed by atoms with Crippen LogP contribution < -0.4 is 10.7 Å². The minimum atomic E-state index is -1.05. The number of rotatable bonds is 6. The van der Waals surface area contributed by atoms with Crippen LogP contribution in [0.25, 0.3) is 6.08 Å². The summed E-state index contributed by atoms with van der Waals surface area (Å²) in [7, 11) is 0. The first-order valence-electron chi connectivity index (χ1n) is 9.54. The fraction of sp³-hybridized carbons (Fsp3) is 0.190. The number of nitrogens with one attached hydrogen (secondary N) is 2. The molecule has 3 heterocycles. The molecular formula is C21H19N5O5. The van der Waals surface area contributed by atoms with Crippen molar-refractivity contribution < 1.29 is 19.6 Å². The van der Waals surface area contributed by atoms with E-state index in [1.54, 1.807) is 54.8 Å². The van der Waals surface area contributed by atoms with E-state index < -0.39 is 40.8 Å². The summed E-state index contributed by atoms with van der Waals surface area (Å²) in [6.45, 7) is 0. The number of fused-ring (bicyclic) bond motifs is 1. The van der Waals surface area contributed by atoms with Crippen molar-refractivity contribution in [3.63, 3.8) is 0 Å². The minimum Gasteiger partial charge on any atom is -0.387 e. The number of amides is 2. The molecule has 1 saturated heterocycles. The molecular weight excluding hydrogens is 402 g/mol. The lowest BCUT2D eigenvalue weighted by Gasteiger charge is -2.39. The average molecular weight is 421 g/mol. The molecule has 158 valence electrons. The van der Waals surface area contributed by atoms with Crippen molar-refractivity contribution in [1.29, 1.82) is 0 Å². The Morgan fingerprint density at radius 2 is 1.94 bits per heavy atom. The van der Waals surface area contributed by atoms with Crippen molar-refractivity contribution in [3.8, 4) is 0 Å². The second-order valence-electron chi connectivity index (χ2n) is 7.13. The molecule has 1 aromatic heterocycles. The number of nitro benzene ring substituents is 1. The number of anilines is 1. The lowest BCUT2D eigenvalue weighted by Crippen LogP contribution is -2.57. The van der Waals surface area contributed by atoms with Crippen molar-refractivity contribution in [2.75, 3.05) is 5.43 Å². The number of aliphatic hydroxyl groups is 1. The highest BCUT2D eigenvalue weighted by Crippen LogP contribution is 2.29. The molecule has 2 amide bonds. The van der Waals surface area contributed by atoms with Crippen LogP contribution in [0.2, 0.25) is 0 Å². The number of nitrogens with zero attached hydrogens (tertiary/aromatic N) is 3. The predicted molar refractivity (Wildman–Crippen MR) is 111 cm³/mol. The third-order valence-electron chi connectivity index (χ3n) is 5.14. The Bertz CT molecular complexity index is 1050. The van der Waals surface area contributed by atoms with Gasteiger partial charge in [-0.15, -0.1) is 0 Å². The maximum atomic E-state index is 12.4. The Hall–Kier alpha value is -3.89. The zero-order valence-electron chi connectivity index (χ0n) is 16.2. The molecule has 0 radical (unpaired) electrons. The van der Waals surface area contributed by atoms with Crippen molar-refractivity contribution in [1.82, 2.24) is 15.3 Å². The molecule has 0 saturated carbocycles. The zero-order valence-corrected chi connectivity index (χ0v) is 16.2. The number of imide groups is 1. The Balaban J connectivity index is 1.58. The van der Waals surface area contributed by atoms with Crippen LogP contribution in [0.1, 0.15) is 5.56 Å². The Labute approximate surface area is 177 Å². The first kappa shape index (κ1) is 20.4. The maximum absolute atomic E-state index is 12.4. The van der Waals surface area contributed by atoms with Gasteiger partial charge in [0.25, 0.3) is 5.69 Å². The largest absolute Gasteiger partial charge is 0.387 e. The third-order valence-corrected chi connectivity index (χ3v) is 5.14. The summed E-state index contributed by atoms with van der Waals surface area (Å²) in [6.07, 6.45) is 6.98. The fourth-order valence-electron chi connectivity index (χ4n) is 3.60. The zero-order chi connectivity index (χ0) is 22.0. The van der Waals surface area contributed by atoms with Crippen LogP contribution in [0.4, 0.5) is 11.5 Å². The van der Waals surface area contributed by atoms with E-state index in [9.17, 15) is 24.8 Å². The number of carbonyl (C=O) groups is 2. The number of hydrogen-bond acceptors (Lipinski definition) is 8. The van der Waals surface area contributed by atoms with Crippen LogP contribution in [0.5, 0.6) is 0 Å². The van der Waals surface area contributed by atoms with Gasteiger partial charge in [-0.1, -0.05) is 30.4 Å². The van der Waals surface area contributed by atoms with Gasteiger partial charge in [0, 0.05) is 18.3 Å². The van der Waals surface area contributed by atoms with Gasteiger partial charge in [-0.05, 0) is 29.8 Å². The molecule has 1 aromatic carbocycles. The van der Waals surface area contributed by atoms with E-state index in [-0.39, 0.29) is 5.69 Å². The van der Waals surface area contributed by atoms with Crippen LogP contribution in [-0.2, 0) is 9.59 Å². The summed E-state index contributed by atoms with van der Waals surface area (Å²) in [6, 6.07) is 9.60. The van der Waals surface area contributed by atoms with E-state index >= 15 is 0 Å².